The first-order valence-electron chi connectivity index (χ1n) is 10.9. The molecule has 0 spiro atoms. The summed E-state index contributed by atoms with van der Waals surface area (Å²) in [5, 5.41) is 3.03. The second kappa shape index (κ2) is 11.0. The molecule has 1 atom stereocenters. The maximum Gasteiger partial charge on any atom is 0.237 e. The van der Waals surface area contributed by atoms with E-state index in [4.69, 9.17) is 4.74 Å². The highest BCUT2D eigenvalue weighted by atomic mass is 16.5. The summed E-state index contributed by atoms with van der Waals surface area (Å²) in [5.41, 5.74) is 3.44. The molecule has 3 rings (SSSR count). The molecule has 1 fully saturated rings. The van der Waals surface area contributed by atoms with Gasteiger partial charge in [-0.2, -0.15) is 0 Å². The monoisotopic (exact) mass is 423 g/mol. The summed E-state index contributed by atoms with van der Waals surface area (Å²) in [7, 11) is 1.65. The molecular weight excluding hydrogens is 390 g/mol. The van der Waals surface area contributed by atoms with E-state index in [0.717, 1.165) is 23.3 Å². The lowest BCUT2D eigenvalue weighted by Gasteiger charge is -2.37. The van der Waals surface area contributed by atoms with Crippen LogP contribution in [0.5, 0.6) is 5.75 Å². The van der Waals surface area contributed by atoms with Crippen molar-refractivity contribution in [3.63, 3.8) is 0 Å². The molecule has 0 aliphatic carbocycles. The van der Waals surface area contributed by atoms with E-state index in [2.05, 4.69) is 22.3 Å². The molecular formula is C25H33N3O3. The lowest BCUT2D eigenvalue weighted by atomic mass is 10.1. The molecule has 6 heteroatoms. The quantitative estimate of drug-likeness (QED) is 0.709. The number of aryl methyl sites for hydroxylation is 2. The minimum atomic E-state index is -0.206. The molecule has 1 aliphatic heterocycles. The van der Waals surface area contributed by atoms with Gasteiger partial charge in [0.15, 0.2) is 0 Å². The predicted octanol–water partition coefficient (Wildman–Crippen LogP) is 2.79. The Hall–Kier alpha value is -2.86. The smallest absolute Gasteiger partial charge is 0.237 e. The van der Waals surface area contributed by atoms with Crippen molar-refractivity contribution in [2.75, 3.05) is 33.3 Å². The fourth-order valence-electron chi connectivity index (χ4n) is 3.77. The lowest BCUT2D eigenvalue weighted by molar-refractivity contribution is -0.134. The number of carbonyl (C=O) groups is 2. The SMILES string of the molecule is COc1ccc(CCC(=O)N2CCN(C(C)C(=O)NCc3ccc(C)cc3)CC2)cc1. The highest BCUT2D eigenvalue weighted by Crippen LogP contribution is 2.14. The maximum atomic E-state index is 12.6. The van der Waals surface area contributed by atoms with E-state index >= 15 is 0 Å². The Morgan fingerprint density at radius 3 is 2.19 bits per heavy atom. The molecule has 2 amide bonds. The number of benzene rings is 2. The molecule has 1 saturated heterocycles. The number of carbonyl (C=O) groups excluding carboxylic acids is 2. The van der Waals surface area contributed by atoms with Gasteiger partial charge in [0.05, 0.1) is 13.2 Å². The summed E-state index contributed by atoms with van der Waals surface area (Å²) in [6, 6.07) is 15.8. The zero-order valence-corrected chi connectivity index (χ0v) is 18.8. The second-order valence-corrected chi connectivity index (χ2v) is 8.14. The van der Waals surface area contributed by atoms with Crippen LogP contribution in [0.3, 0.4) is 0 Å². The van der Waals surface area contributed by atoms with E-state index in [1.165, 1.54) is 5.56 Å². The van der Waals surface area contributed by atoms with E-state index in [-0.39, 0.29) is 17.9 Å². The zero-order chi connectivity index (χ0) is 22.2. The number of nitrogens with one attached hydrogen (secondary N) is 1. The molecule has 0 radical (unpaired) electrons. The minimum absolute atomic E-state index is 0.0276. The van der Waals surface area contributed by atoms with Gasteiger partial charge in [-0.05, 0) is 43.5 Å². The fourth-order valence-corrected chi connectivity index (χ4v) is 3.77. The number of amides is 2. The van der Waals surface area contributed by atoms with Gasteiger partial charge in [0.2, 0.25) is 11.8 Å². The normalized spacial score (nSPS) is 15.4. The van der Waals surface area contributed by atoms with Crippen LogP contribution < -0.4 is 10.1 Å². The van der Waals surface area contributed by atoms with Gasteiger partial charge in [0.25, 0.3) is 0 Å². The van der Waals surface area contributed by atoms with Crippen molar-refractivity contribution >= 4 is 11.8 Å². The number of piperazine rings is 1. The first-order chi connectivity index (χ1) is 15.0. The Kier molecular flexibility index (Phi) is 8.06. The third-order valence-corrected chi connectivity index (χ3v) is 5.97. The van der Waals surface area contributed by atoms with Crippen molar-refractivity contribution in [3.05, 3.63) is 65.2 Å². The number of hydrogen-bond acceptors (Lipinski definition) is 4. The van der Waals surface area contributed by atoms with E-state index in [0.29, 0.717) is 39.1 Å². The zero-order valence-electron chi connectivity index (χ0n) is 18.8. The molecule has 0 bridgehead atoms. The van der Waals surface area contributed by atoms with Crippen molar-refractivity contribution in [1.82, 2.24) is 15.1 Å². The Bertz CT molecular complexity index is 857. The molecule has 1 N–H and O–H groups in total. The number of ether oxygens (including phenoxy) is 1. The average molecular weight is 424 g/mol. The van der Waals surface area contributed by atoms with Crippen LogP contribution in [0, 0.1) is 6.92 Å². The van der Waals surface area contributed by atoms with Gasteiger partial charge in [0, 0.05) is 39.1 Å². The summed E-state index contributed by atoms with van der Waals surface area (Å²) < 4.78 is 5.17. The molecule has 166 valence electrons. The van der Waals surface area contributed by atoms with Gasteiger partial charge in [-0.3, -0.25) is 14.5 Å². The number of methoxy groups -OCH3 is 1. The van der Waals surface area contributed by atoms with Crippen molar-refractivity contribution in [1.29, 1.82) is 0 Å². The van der Waals surface area contributed by atoms with Crippen LogP contribution in [-0.2, 0) is 22.6 Å². The van der Waals surface area contributed by atoms with Crippen LogP contribution in [-0.4, -0.2) is 60.9 Å². The van der Waals surface area contributed by atoms with Crippen LogP contribution >= 0.6 is 0 Å². The van der Waals surface area contributed by atoms with Crippen molar-refractivity contribution in [3.8, 4) is 5.75 Å². The van der Waals surface area contributed by atoms with Crippen LogP contribution in [0.1, 0.15) is 30.0 Å². The van der Waals surface area contributed by atoms with Gasteiger partial charge in [-0.25, -0.2) is 0 Å². The second-order valence-electron chi connectivity index (χ2n) is 8.14. The van der Waals surface area contributed by atoms with Gasteiger partial charge < -0.3 is 15.0 Å². The van der Waals surface area contributed by atoms with E-state index < -0.39 is 0 Å². The summed E-state index contributed by atoms with van der Waals surface area (Å²) in [4.78, 5) is 29.2. The van der Waals surface area contributed by atoms with Gasteiger partial charge in [-0.1, -0.05) is 42.0 Å². The fraction of sp³-hybridized carbons (Fsp3) is 0.440. The van der Waals surface area contributed by atoms with Crippen molar-refractivity contribution < 1.29 is 14.3 Å². The number of nitrogens with zero attached hydrogens (tertiary/aromatic N) is 2. The summed E-state index contributed by atoms with van der Waals surface area (Å²) >= 11 is 0. The third-order valence-electron chi connectivity index (χ3n) is 5.97. The Labute approximate surface area is 185 Å². The molecule has 0 saturated carbocycles. The Morgan fingerprint density at radius 1 is 0.968 bits per heavy atom. The molecule has 1 heterocycles. The maximum absolute atomic E-state index is 12.6. The van der Waals surface area contributed by atoms with Crippen LogP contribution in [0.4, 0.5) is 0 Å². The van der Waals surface area contributed by atoms with E-state index in [9.17, 15) is 9.59 Å². The van der Waals surface area contributed by atoms with Crippen molar-refractivity contribution in [2.45, 2.75) is 39.3 Å². The van der Waals surface area contributed by atoms with Crippen LogP contribution in [0.15, 0.2) is 48.5 Å². The lowest BCUT2D eigenvalue weighted by Crippen LogP contribution is -2.54. The Balaban J connectivity index is 1.39. The number of rotatable bonds is 8. The first kappa shape index (κ1) is 22.8. The average Bonchev–Trinajstić information content (AvgIpc) is 2.82. The summed E-state index contributed by atoms with van der Waals surface area (Å²) in [6.07, 6.45) is 1.22. The van der Waals surface area contributed by atoms with Crippen molar-refractivity contribution in [2.24, 2.45) is 0 Å². The third kappa shape index (κ3) is 6.56. The molecule has 2 aromatic rings. The molecule has 6 nitrogen and oxygen atoms in total. The molecule has 31 heavy (non-hydrogen) atoms. The standard InChI is InChI=1S/C25H33N3O3/c1-19-4-6-22(7-5-19)18-26-25(30)20(2)27-14-16-28(17-15-27)24(29)13-10-21-8-11-23(31-3)12-9-21/h4-9,11-12,20H,10,13-18H2,1-3H3,(H,26,30). The number of hydrogen-bond donors (Lipinski definition) is 1. The highest BCUT2D eigenvalue weighted by Gasteiger charge is 2.27. The van der Waals surface area contributed by atoms with Gasteiger partial charge in [-0.15, -0.1) is 0 Å². The van der Waals surface area contributed by atoms with E-state index in [1.807, 2.05) is 55.1 Å². The van der Waals surface area contributed by atoms with Crippen LogP contribution in [0.2, 0.25) is 0 Å². The van der Waals surface area contributed by atoms with Gasteiger partial charge >= 0.3 is 0 Å². The molecule has 1 unspecified atom stereocenters. The van der Waals surface area contributed by atoms with Gasteiger partial charge in [0.1, 0.15) is 5.75 Å². The van der Waals surface area contributed by atoms with Crippen LogP contribution in [0.25, 0.3) is 0 Å². The van der Waals surface area contributed by atoms with E-state index in [1.54, 1.807) is 7.11 Å². The molecule has 0 aromatic heterocycles. The summed E-state index contributed by atoms with van der Waals surface area (Å²) in [5.74, 6) is 1.02. The Morgan fingerprint density at radius 2 is 1.58 bits per heavy atom. The minimum Gasteiger partial charge on any atom is -0.497 e. The largest absolute Gasteiger partial charge is 0.497 e. The summed E-state index contributed by atoms with van der Waals surface area (Å²) in [6.45, 7) is 7.28. The predicted molar refractivity (Wildman–Crippen MR) is 122 cm³/mol. The molecule has 2 aromatic carbocycles. The first-order valence-corrected chi connectivity index (χ1v) is 10.9. The highest BCUT2D eigenvalue weighted by molar-refractivity contribution is 5.81. The topological polar surface area (TPSA) is 61.9 Å². The molecule has 1 aliphatic rings.